The van der Waals surface area contributed by atoms with E-state index < -0.39 is 0 Å². The molecule has 1 heterocycles. The van der Waals surface area contributed by atoms with Gasteiger partial charge in [0.1, 0.15) is 0 Å². The standard InChI is InChI=1S/C5H7BrN2OS2/c1-3(2-9)10-5-8-7-4(6)11-5/h3,9H,2H2,1H3. The Morgan fingerprint density at radius 3 is 2.91 bits per heavy atom. The summed E-state index contributed by atoms with van der Waals surface area (Å²) in [4.78, 5) is 0. The van der Waals surface area contributed by atoms with Gasteiger partial charge in [-0.05, 0) is 15.9 Å². The van der Waals surface area contributed by atoms with Gasteiger partial charge in [-0.25, -0.2) is 0 Å². The van der Waals surface area contributed by atoms with Crippen molar-refractivity contribution in [3.63, 3.8) is 0 Å². The average Bonchev–Trinajstić information content (AvgIpc) is 2.35. The van der Waals surface area contributed by atoms with Crippen molar-refractivity contribution in [3.8, 4) is 0 Å². The zero-order chi connectivity index (χ0) is 8.27. The third kappa shape index (κ3) is 3.06. The zero-order valence-electron chi connectivity index (χ0n) is 5.82. The Hall–Kier alpha value is 0.350. The number of hydrogen-bond acceptors (Lipinski definition) is 5. The van der Waals surface area contributed by atoms with E-state index in [9.17, 15) is 0 Å². The molecule has 0 saturated heterocycles. The fourth-order valence-corrected chi connectivity index (χ4v) is 3.05. The summed E-state index contributed by atoms with van der Waals surface area (Å²) in [7, 11) is 0. The maximum atomic E-state index is 8.73. The first-order chi connectivity index (χ1) is 5.22. The summed E-state index contributed by atoms with van der Waals surface area (Å²) in [6.45, 7) is 2.11. The van der Waals surface area contributed by atoms with Gasteiger partial charge in [0, 0.05) is 5.25 Å². The second-order valence-corrected chi connectivity index (χ2v) is 5.87. The summed E-state index contributed by atoms with van der Waals surface area (Å²) in [5.41, 5.74) is 0. The molecule has 0 spiro atoms. The molecule has 3 nitrogen and oxygen atoms in total. The quantitative estimate of drug-likeness (QED) is 0.836. The van der Waals surface area contributed by atoms with E-state index >= 15 is 0 Å². The molecule has 0 fully saturated rings. The normalized spacial score (nSPS) is 13.4. The summed E-state index contributed by atoms with van der Waals surface area (Å²) < 4.78 is 1.67. The summed E-state index contributed by atoms with van der Waals surface area (Å²) in [5, 5.41) is 16.6. The lowest BCUT2D eigenvalue weighted by atomic mass is 10.5. The largest absolute Gasteiger partial charge is 0.395 e. The number of aromatic nitrogens is 2. The van der Waals surface area contributed by atoms with E-state index in [2.05, 4.69) is 26.1 Å². The molecule has 1 rings (SSSR count). The number of halogens is 1. The highest BCUT2D eigenvalue weighted by molar-refractivity contribution is 9.11. The minimum Gasteiger partial charge on any atom is -0.395 e. The molecule has 1 atom stereocenters. The number of aliphatic hydroxyl groups is 1. The minimum absolute atomic E-state index is 0.169. The van der Waals surface area contributed by atoms with Crippen LogP contribution in [-0.4, -0.2) is 27.2 Å². The predicted octanol–water partition coefficient (Wildman–Crippen LogP) is 1.77. The first-order valence-corrected chi connectivity index (χ1v) is 5.48. The maximum absolute atomic E-state index is 8.73. The highest BCUT2D eigenvalue weighted by Gasteiger charge is 2.06. The molecular weight excluding hydrogens is 248 g/mol. The van der Waals surface area contributed by atoms with Gasteiger partial charge in [0.2, 0.25) is 0 Å². The van der Waals surface area contributed by atoms with E-state index in [-0.39, 0.29) is 11.9 Å². The summed E-state index contributed by atoms with van der Waals surface area (Å²) in [6, 6.07) is 0. The molecular formula is C5H7BrN2OS2. The van der Waals surface area contributed by atoms with Crippen LogP contribution in [0.3, 0.4) is 0 Å². The minimum atomic E-state index is 0.169. The van der Waals surface area contributed by atoms with E-state index in [1.54, 1.807) is 0 Å². The third-order valence-corrected chi connectivity index (χ3v) is 3.46. The van der Waals surface area contributed by atoms with E-state index in [0.29, 0.717) is 0 Å². The molecule has 6 heteroatoms. The fraction of sp³-hybridized carbons (Fsp3) is 0.600. The molecule has 0 radical (unpaired) electrons. The number of aliphatic hydroxyl groups excluding tert-OH is 1. The number of thioether (sulfide) groups is 1. The topological polar surface area (TPSA) is 46.0 Å². The smallest absolute Gasteiger partial charge is 0.184 e. The molecule has 1 aromatic rings. The van der Waals surface area contributed by atoms with Crippen molar-refractivity contribution in [2.45, 2.75) is 16.5 Å². The predicted molar refractivity (Wildman–Crippen MR) is 50.0 cm³/mol. The summed E-state index contributed by atoms with van der Waals surface area (Å²) in [6.07, 6.45) is 0. The van der Waals surface area contributed by atoms with Crippen LogP contribution in [0.15, 0.2) is 8.26 Å². The van der Waals surface area contributed by atoms with Gasteiger partial charge < -0.3 is 5.11 Å². The van der Waals surface area contributed by atoms with Crippen LogP contribution < -0.4 is 0 Å². The first kappa shape index (κ1) is 9.44. The monoisotopic (exact) mass is 254 g/mol. The molecule has 0 saturated carbocycles. The second-order valence-electron chi connectivity index (χ2n) is 1.93. The molecule has 0 aliphatic carbocycles. The first-order valence-electron chi connectivity index (χ1n) is 2.99. The molecule has 1 aromatic heterocycles. The van der Waals surface area contributed by atoms with Crippen LogP contribution in [0.5, 0.6) is 0 Å². The van der Waals surface area contributed by atoms with E-state index in [0.717, 1.165) is 8.26 Å². The van der Waals surface area contributed by atoms with Crippen LogP contribution in [0.25, 0.3) is 0 Å². The lowest BCUT2D eigenvalue weighted by Crippen LogP contribution is -2.00. The molecule has 0 aromatic carbocycles. The Balaban J connectivity index is 2.50. The second kappa shape index (κ2) is 4.39. The molecule has 1 N–H and O–H groups in total. The average molecular weight is 255 g/mol. The Morgan fingerprint density at radius 2 is 2.45 bits per heavy atom. The Labute approximate surface area is 81.4 Å². The van der Waals surface area contributed by atoms with Crippen LogP contribution in [0, 0.1) is 0 Å². The van der Waals surface area contributed by atoms with Crippen LogP contribution in [-0.2, 0) is 0 Å². The van der Waals surface area contributed by atoms with Crippen molar-refractivity contribution in [1.82, 2.24) is 10.2 Å². The van der Waals surface area contributed by atoms with Gasteiger partial charge in [0.25, 0.3) is 0 Å². The van der Waals surface area contributed by atoms with Crippen molar-refractivity contribution < 1.29 is 5.11 Å². The summed E-state index contributed by atoms with van der Waals surface area (Å²) in [5.74, 6) is 0. The van der Waals surface area contributed by atoms with Gasteiger partial charge >= 0.3 is 0 Å². The van der Waals surface area contributed by atoms with E-state index in [1.807, 2.05) is 6.92 Å². The SMILES string of the molecule is CC(CO)Sc1nnc(Br)s1. The van der Waals surface area contributed by atoms with Crippen molar-refractivity contribution >= 4 is 39.0 Å². The van der Waals surface area contributed by atoms with Gasteiger partial charge in [-0.2, -0.15) is 0 Å². The number of hydrogen-bond donors (Lipinski definition) is 1. The molecule has 0 aliphatic rings. The molecule has 11 heavy (non-hydrogen) atoms. The van der Waals surface area contributed by atoms with Crippen LogP contribution >= 0.6 is 39.0 Å². The fourth-order valence-electron chi connectivity index (χ4n) is 0.450. The highest BCUT2D eigenvalue weighted by atomic mass is 79.9. The van der Waals surface area contributed by atoms with Gasteiger partial charge in [0.15, 0.2) is 8.26 Å². The van der Waals surface area contributed by atoms with Crippen LogP contribution in [0.4, 0.5) is 0 Å². The van der Waals surface area contributed by atoms with E-state index in [4.69, 9.17) is 5.11 Å². The summed E-state index contributed by atoms with van der Waals surface area (Å²) >= 11 is 6.22. The lowest BCUT2D eigenvalue weighted by Gasteiger charge is -2.01. The number of nitrogens with zero attached hydrogens (tertiary/aromatic N) is 2. The third-order valence-electron chi connectivity index (χ3n) is 0.941. The maximum Gasteiger partial charge on any atom is 0.184 e. The molecule has 0 amide bonds. The van der Waals surface area contributed by atoms with Crippen LogP contribution in [0.1, 0.15) is 6.92 Å². The van der Waals surface area contributed by atoms with Crippen molar-refractivity contribution in [1.29, 1.82) is 0 Å². The van der Waals surface area contributed by atoms with Crippen molar-refractivity contribution in [3.05, 3.63) is 3.92 Å². The van der Waals surface area contributed by atoms with Crippen molar-refractivity contribution in [2.75, 3.05) is 6.61 Å². The Morgan fingerprint density at radius 1 is 1.73 bits per heavy atom. The molecule has 62 valence electrons. The highest BCUT2D eigenvalue weighted by Crippen LogP contribution is 2.28. The van der Waals surface area contributed by atoms with Crippen LogP contribution in [0.2, 0.25) is 0 Å². The van der Waals surface area contributed by atoms with Gasteiger partial charge in [-0.3, -0.25) is 0 Å². The van der Waals surface area contributed by atoms with Gasteiger partial charge in [-0.15, -0.1) is 10.2 Å². The molecule has 1 unspecified atom stereocenters. The lowest BCUT2D eigenvalue weighted by molar-refractivity contribution is 0.300. The van der Waals surface area contributed by atoms with Gasteiger partial charge in [0.05, 0.1) is 6.61 Å². The Kier molecular flexibility index (Phi) is 3.77. The molecule has 0 aliphatic heterocycles. The van der Waals surface area contributed by atoms with Crippen molar-refractivity contribution in [2.24, 2.45) is 0 Å². The van der Waals surface area contributed by atoms with Gasteiger partial charge in [-0.1, -0.05) is 30.0 Å². The zero-order valence-corrected chi connectivity index (χ0v) is 9.04. The Bertz CT molecular complexity index is 230. The van der Waals surface area contributed by atoms with E-state index in [1.165, 1.54) is 23.1 Å². The number of rotatable bonds is 3. The molecule has 0 bridgehead atoms.